The van der Waals surface area contributed by atoms with Crippen LogP contribution in [0.15, 0.2) is 24.3 Å². The lowest BCUT2D eigenvalue weighted by atomic mass is 9.86. The number of hydrogen-bond donors (Lipinski definition) is 0. The standard InChI is InChI=1S/C19H27FN2O/c20-18-9-5-4-8-17(18)15-21-10-12-22(13-11-21)19(23)14-16-6-2-1-3-7-16/h4-5,8-9,16H,1-3,6-7,10-15H2. The predicted molar refractivity (Wildman–Crippen MR) is 89.4 cm³/mol. The molecule has 2 aliphatic rings. The normalized spacial score (nSPS) is 20.7. The lowest BCUT2D eigenvalue weighted by Crippen LogP contribution is -2.48. The first-order valence-electron chi connectivity index (χ1n) is 8.96. The van der Waals surface area contributed by atoms with Crippen LogP contribution in [0.5, 0.6) is 0 Å². The summed E-state index contributed by atoms with van der Waals surface area (Å²) >= 11 is 0. The van der Waals surface area contributed by atoms with Gasteiger partial charge in [0.2, 0.25) is 5.91 Å². The second-order valence-corrected chi connectivity index (χ2v) is 6.96. The molecule has 2 fully saturated rings. The van der Waals surface area contributed by atoms with Crippen LogP contribution >= 0.6 is 0 Å². The minimum absolute atomic E-state index is 0.136. The van der Waals surface area contributed by atoms with Crippen LogP contribution in [0.25, 0.3) is 0 Å². The van der Waals surface area contributed by atoms with Gasteiger partial charge in [-0.3, -0.25) is 9.69 Å². The number of halogens is 1. The molecule has 4 heteroatoms. The summed E-state index contributed by atoms with van der Waals surface area (Å²) in [6, 6.07) is 6.96. The molecule has 0 unspecified atom stereocenters. The maximum absolute atomic E-state index is 13.7. The molecule has 3 rings (SSSR count). The molecule has 1 heterocycles. The molecular formula is C19H27FN2O. The first-order valence-corrected chi connectivity index (χ1v) is 8.96. The summed E-state index contributed by atoms with van der Waals surface area (Å²) in [5.74, 6) is 0.790. The number of benzene rings is 1. The van der Waals surface area contributed by atoms with E-state index in [-0.39, 0.29) is 5.82 Å². The van der Waals surface area contributed by atoms with Crippen molar-refractivity contribution in [2.45, 2.75) is 45.1 Å². The average Bonchev–Trinajstić information content (AvgIpc) is 2.58. The Labute approximate surface area is 138 Å². The van der Waals surface area contributed by atoms with E-state index in [4.69, 9.17) is 0 Å². The zero-order valence-electron chi connectivity index (χ0n) is 13.8. The van der Waals surface area contributed by atoms with E-state index in [0.717, 1.165) is 38.2 Å². The van der Waals surface area contributed by atoms with Crippen molar-refractivity contribution in [2.24, 2.45) is 5.92 Å². The summed E-state index contributed by atoms with van der Waals surface area (Å²) in [6.45, 7) is 3.87. The first kappa shape index (κ1) is 16.4. The topological polar surface area (TPSA) is 23.6 Å². The van der Waals surface area contributed by atoms with Gasteiger partial charge >= 0.3 is 0 Å². The number of nitrogens with zero attached hydrogens (tertiary/aromatic N) is 2. The minimum Gasteiger partial charge on any atom is -0.340 e. The van der Waals surface area contributed by atoms with Gasteiger partial charge in [0.05, 0.1) is 0 Å². The van der Waals surface area contributed by atoms with Crippen LogP contribution in [-0.2, 0) is 11.3 Å². The molecule has 1 aromatic rings. The van der Waals surface area contributed by atoms with Gasteiger partial charge < -0.3 is 4.90 Å². The lowest BCUT2D eigenvalue weighted by Gasteiger charge is -2.35. The highest BCUT2D eigenvalue weighted by Crippen LogP contribution is 2.27. The fourth-order valence-electron chi connectivity index (χ4n) is 3.79. The van der Waals surface area contributed by atoms with Crippen LogP contribution in [-0.4, -0.2) is 41.9 Å². The van der Waals surface area contributed by atoms with E-state index >= 15 is 0 Å². The molecule has 1 saturated heterocycles. The fourth-order valence-corrected chi connectivity index (χ4v) is 3.79. The predicted octanol–water partition coefficient (Wildman–Crippen LogP) is 3.44. The van der Waals surface area contributed by atoms with Gasteiger partial charge in [-0.1, -0.05) is 37.5 Å². The van der Waals surface area contributed by atoms with Gasteiger partial charge in [-0.05, 0) is 24.8 Å². The number of rotatable bonds is 4. The first-order chi connectivity index (χ1) is 11.2. The third-order valence-electron chi connectivity index (χ3n) is 5.26. The van der Waals surface area contributed by atoms with Crippen molar-refractivity contribution in [2.75, 3.05) is 26.2 Å². The van der Waals surface area contributed by atoms with Crippen LogP contribution in [0.2, 0.25) is 0 Å². The number of amides is 1. The Morgan fingerprint density at radius 3 is 2.43 bits per heavy atom. The van der Waals surface area contributed by atoms with Crippen molar-refractivity contribution in [3.63, 3.8) is 0 Å². The van der Waals surface area contributed by atoms with E-state index in [2.05, 4.69) is 4.90 Å². The minimum atomic E-state index is -0.136. The van der Waals surface area contributed by atoms with Crippen LogP contribution in [0.4, 0.5) is 4.39 Å². The molecule has 3 nitrogen and oxygen atoms in total. The molecule has 1 aliphatic carbocycles. The highest BCUT2D eigenvalue weighted by atomic mass is 19.1. The van der Waals surface area contributed by atoms with E-state index in [0.29, 0.717) is 18.4 Å². The number of piperazine rings is 1. The van der Waals surface area contributed by atoms with Gasteiger partial charge in [0.1, 0.15) is 5.82 Å². The second-order valence-electron chi connectivity index (χ2n) is 6.96. The molecule has 0 radical (unpaired) electrons. The van der Waals surface area contributed by atoms with Crippen molar-refractivity contribution in [1.29, 1.82) is 0 Å². The Morgan fingerprint density at radius 1 is 1.04 bits per heavy atom. The second kappa shape index (κ2) is 7.91. The molecule has 0 spiro atoms. The molecule has 0 N–H and O–H groups in total. The number of hydrogen-bond acceptors (Lipinski definition) is 2. The summed E-state index contributed by atoms with van der Waals surface area (Å²) in [5.41, 5.74) is 0.745. The van der Waals surface area contributed by atoms with Crippen molar-refractivity contribution >= 4 is 5.91 Å². The summed E-state index contributed by atoms with van der Waals surface area (Å²) in [5, 5.41) is 0. The quantitative estimate of drug-likeness (QED) is 0.849. The van der Waals surface area contributed by atoms with Gasteiger partial charge in [0.15, 0.2) is 0 Å². The fraction of sp³-hybridized carbons (Fsp3) is 0.632. The Kier molecular flexibility index (Phi) is 5.65. The lowest BCUT2D eigenvalue weighted by molar-refractivity contribution is -0.134. The van der Waals surface area contributed by atoms with E-state index in [9.17, 15) is 9.18 Å². The van der Waals surface area contributed by atoms with Crippen molar-refractivity contribution in [1.82, 2.24) is 9.80 Å². The Morgan fingerprint density at radius 2 is 1.74 bits per heavy atom. The Hall–Kier alpha value is -1.42. The summed E-state index contributed by atoms with van der Waals surface area (Å²) < 4.78 is 13.7. The highest BCUT2D eigenvalue weighted by Gasteiger charge is 2.24. The van der Waals surface area contributed by atoms with Crippen LogP contribution in [0, 0.1) is 11.7 Å². The zero-order chi connectivity index (χ0) is 16.1. The molecule has 1 aromatic carbocycles. The van der Waals surface area contributed by atoms with Crippen molar-refractivity contribution < 1.29 is 9.18 Å². The molecular weight excluding hydrogens is 291 g/mol. The number of carbonyl (C=O) groups excluding carboxylic acids is 1. The molecule has 0 bridgehead atoms. The average molecular weight is 318 g/mol. The van der Waals surface area contributed by atoms with Crippen LogP contribution < -0.4 is 0 Å². The molecule has 126 valence electrons. The summed E-state index contributed by atoms with van der Waals surface area (Å²) in [4.78, 5) is 16.7. The van der Waals surface area contributed by atoms with Crippen LogP contribution in [0.1, 0.15) is 44.1 Å². The van der Waals surface area contributed by atoms with Gasteiger partial charge in [0.25, 0.3) is 0 Å². The molecule has 23 heavy (non-hydrogen) atoms. The molecule has 1 saturated carbocycles. The van der Waals surface area contributed by atoms with Crippen molar-refractivity contribution in [3.8, 4) is 0 Å². The van der Waals surface area contributed by atoms with Gasteiger partial charge in [0, 0.05) is 44.7 Å². The zero-order valence-corrected chi connectivity index (χ0v) is 13.8. The molecule has 1 amide bonds. The molecule has 0 atom stereocenters. The summed E-state index contributed by atoms with van der Waals surface area (Å²) in [6.07, 6.45) is 7.08. The Balaban J connectivity index is 1.44. The smallest absolute Gasteiger partial charge is 0.222 e. The maximum atomic E-state index is 13.7. The van der Waals surface area contributed by atoms with E-state index < -0.39 is 0 Å². The largest absolute Gasteiger partial charge is 0.340 e. The molecule has 0 aromatic heterocycles. The van der Waals surface area contributed by atoms with Crippen LogP contribution in [0.3, 0.4) is 0 Å². The van der Waals surface area contributed by atoms with E-state index in [1.54, 1.807) is 6.07 Å². The van der Waals surface area contributed by atoms with Crippen molar-refractivity contribution in [3.05, 3.63) is 35.6 Å². The monoisotopic (exact) mass is 318 g/mol. The summed E-state index contributed by atoms with van der Waals surface area (Å²) in [7, 11) is 0. The highest BCUT2D eigenvalue weighted by molar-refractivity contribution is 5.76. The van der Waals surface area contributed by atoms with E-state index in [1.165, 1.54) is 38.2 Å². The van der Waals surface area contributed by atoms with Gasteiger partial charge in [-0.2, -0.15) is 0 Å². The van der Waals surface area contributed by atoms with Gasteiger partial charge in [-0.25, -0.2) is 4.39 Å². The maximum Gasteiger partial charge on any atom is 0.222 e. The van der Waals surface area contributed by atoms with Gasteiger partial charge in [-0.15, -0.1) is 0 Å². The Bertz CT molecular complexity index is 520. The third-order valence-corrected chi connectivity index (χ3v) is 5.26. The number of carbonyl (C=O) groups is 1. The van der Waals surface area contributed by atoms with E-state index in [1.807, 2.05) is 17.0 Å². The SMILES string of the molecule is O=C(CC1CCCCC1)N1CCN(Cc2ccccc2F)CC1. The third kappa shape index (κ3) is 4.54. The molecule has 1 aliphatic heterocycles.